The first-order valence-corrected chi connectivity index (χ1v) is 6.77. The molecule has 2 rings (SSSR count). The maximum atomic E-state index is 12.0. The number of benzene rings is 2. The number of carbonyl (C=O) groups excluding carboxylic acids is 1. The molecule has 19 heavy (non-hydrogen) atoms. The molecule has 2 aromatic rings. The molecule has 0 bridgehead atoms. The van der Waals surface area contributed by atoms with Gasteiger partial charge in [-0.25, -0.2) is 0 Å². The van der Waals surface area contributed by atoms with Crippen LogP contribution in [0.3, 0.4) is 0 Å². The predicted octanol–water partition coefficient (Wildman–Crippen LogP) is 4.71. The summed E-state index contributed by atoms with van der Waals surface area (Å²) in [4.78, 5) is 12.0. The van der Waals surface area contributed by atoms with Crippen LogP contribution in [0.25, 0.3) is 0 Å². The first-order chi connectivity index (χ1) is 8.97. The van der Waals surface area contributed by atoms with Gasteiger partial charge in [-0.1, -0.05) is 23.2 Å². The van der Waals surface area contributed by atoms with Crippen LogP contribution in [0.1, 0.15) is 10.4 Å². The number of phenols is 1. The monoisotopic (exact) mass is 359 g/mol. The van der Waals surface area contributed by atoms with Crippen molar-refractivity contribution in [1.82, 2.24) is 0 Å². The molecule has 0 radical (unpaired) electrons. The highest BCUT2D eigenvalue weighted by Gasteiger charge is 2.13. The molecule has 0 heterocycles. The summed E-state index contributed by atoms with van der Waals surface area (Å²) in [5.41, 5.74) is 0.704. The number of amides is 1. The smallest absolute Gasteiger partial charge is 0.259 e. The first-order valence-electron chi connectivity index (χ1n) is 5.22. The fourth-order valence-corrected chi connectivity index (χ4v) is 2.43. The van der Waals surface area contributed by atoms with E-state index in [0.29, 0.717) is 20.2 Å². The van der Waals surface area contributed by atoms with E-state index in [1.54, 1.807) is 18.2 Å². The van der Waals surface area contributed by atoms with Crippen LogP contribution >= 0.6 is 39.1 Å². The van der Waals surface area contributed by atoms with Crippen LogP contribution in [0.15, 0.2) is 40.9 Å². The van der Waals surface area contributed by atoms with Crippen molar-refractivity contribution in [2.45, 2.75) is 0 Å². The van der Waals surface area contributed by atoms with Crippen molar-refractivity contribution in [2.75, 3.05) is 5.32 Å². The standard InChI is InChI=1S/C13H8BrCl2NO2/c14-10-5-7(15)2-4-11(10)17-13(19)9-3-1-8(16)6-12(9)18/h1-6,18H,(H,17,19). The van der Waals surface area contributed by atoms with Crippen molar-refractivity contribution in [3.63, 3.8) is 0 Å². The van der Waals surface area contributed by atoms with Crippen LogP contribution in [0, 0.1) is 0 Å². The molecule has 0 saturated carbocycles. The Morgan fingerprint density at radius 2 is 1.74 bits per heavy atom. The second-order valence-electron chi connectivity index (χ2n) is 3.74. The SMILES string of the molecule is O=C(Nc1ccc(Cl)cc1Br)c1ccc(Cl)cc1O. The highest BCUT2D eigenvalue weighted by molar-refractivity contribution is 9.10. The van der Waals surface area contributed by atoms with E-state index < -0.39 is 5.91 Å². The molecule has 3 nitrogen and oxygen atoms in total. The average molecular weight is 361 g/mol. The summed E-state index contributed by atoms with van der Waals surface area (Å²) >= 11 is 14.8. The zero-order valence-electron chi connectivity index (χ0n) is 9.45. The Bertz CT molecular complexity index is 647. The van der Waals surface area contributed by atoms with E-state index in [-0.39, 0.29) is 11.3 Å². The second-order valence-corrected chi connectivity index (χ2v) is 5.47. The van der Waals surface area contributed by atoms with Gasteiger partial charge in [0, 0.05) is 14.5 Å². The third kappa shape index (κ3) is 3.41. The summed E-state index contributed by atoms with van der Waals surface area (Å²) in [7, 11) is 0. The van der Waals surface area contributed by atoms with Crippen molar-refractivity contribution in [2.24, 2.45) is 0 Å². The van der Waals surface area contributed by atoms with Gasteiger partial charge in [-0.15, -0.1) is 0 Å². The maximum absolute atomic E-state index is 12.0. The highest BCUT2D eigenvalue weighted by atomic mass is 79.9. The van der Waals surface area contributed by atoms with Gasteiger partial charge in [0.15, 0.2) is 0 Å². The van der Waals surface area contributed by atoms with E-state index in [4.69, 9.17) is 23.2 Å². The summed E-state index contributed by atoms with van der Waals surface area (Å²) in [6.07, 6.45) is 0. The molecular weight excluding hydrogens is 353 g/mol. The fraction of sp³-hybridized carbons (Fsp3) is 0. The van der Waals surface area contributed by atoms with E-state index in [1.165, 1.54) is 18.2 Å². The van der Waals surface area contributed by atoms with Gasteiger partial charge >= 0.3 is 0 Å². The van der Waals surface area contributed by atoms with Crippen LogP contribution in [0.2, 0.25) is 10.0 Å². The van der Waals surface area contributed by atoms with Crippen molar-refractivity contribution in [1.29, 1.82) is 0 Å². The molecule has 0 saturated heterocycles. The molecular formula is C13H8BrCl2NO2. The first kappa shape index (κ1) is 14.2. The molecule has 2 aromatic carbocycles. The quantitative estimate of drug-likeness (QED) is 0.814. The third-order valence-electron chi connectivity index (χ3n) is 2.38. The van der Waals surface area contributed by atoms with E-state index >= 15 is 0 Å². The maximum Gasteiger partial charge on any atom is 0.259 e. The van der Waals surface area contributed by atoms with Gasteiger partial charge in [-0.05, 0) is 52.3 Å². The van der Waals surface area contributed by atoms with Gasteiger partial charge < -0.3 is 10.4 Å². The Labute approximate surface area is 128 Å². The summed E-state index contributed by atoms with van der Waals surface area (Å²) in [6.45, 7) is 0. The normalized spacial score (nSPS) is 10.3. The minimum absolute atomic E-state index is 0.145. The van der Waals surface area contributed by atoms with Crippen molar-refractivity contribution in [3.05, 3.63) is 56.5 Å². The number of anilines is 1. The van der Waals surface area contributed by atoms with E-state index in [2.05, 4.69) is 21.2 Å². The molecule has 0 unspecified atom stereocenters. The molecule has 0 fully saturated rings. The van der Waals surface area contributed by atoms with Crippen molar-refractivity contribution < 1.29 is 9.90 Å². The van der Waals surface area contributed by atoms with Gasteiger partial charge in [-0.3, -0.25) is 4.79 Å². The Balaban J connectivity index is 2.25. The Hall–Kier alpha value is -1.23. The highest BCUT2D eigenvalue weighted by Crippen LogP contribution is 2.28. The Morgan fingerprint density at radius 3 is 2.37 bits per heavy atom. The molecule has 0 atom stereocenters. The Morgan fingerprint density at radius 1 is 1.11 bits per heavy atom. The molecule has 0 aliphatic rings. The summed E-state index contributed by atoms with van der Waals surface area (Å²) in [5, 5.41) is 13.3. The van der Waals surface area contributed by atoms with Crippen LogP contribution in [-0.4, -0.2) is 11.0 Å². The predicted molar refractivity (Wildman–Crippen MR) is 80.2 cm³/mol. The average Bonchev–Trinajstić information content (AvgIpc) is 2.32. The van der Waals surface area contributed by atoms with E-state index in [1.807, 2.05) is 0 Å². The minimum Gasteiger partial charge on any atom is -0.507 e. The molecule has 0 spiro atoms. The van der Waals surface area contributed by atoms with Crippen molar-refractivity contribution >= 4 is 50.7 Å². The van der Waals surface area contributed by atoms with Crippen LogP contribution < -0.4 is 5.32 Å². The van der Waals surface area contributed by atoms with E-state index in [9.17, 15) is 9.90 Å². The number of halogens is 3. The topological polar surface area (TPSA) is 49.3 Å². The number of rotatable bonds is 2. The van der Waals surface area contributed by atoms with Crippen molar-refractivity contribution in [3.8, 4) is 5.75 Å². The zero-order valence-corrected chi connectivity index (χ0v) is 12.6. The summed E-state index contributed by atoms with van der Waals surface area (Å²) in [6, 6.07) is 9.29. The number of phenolic OH excluding ortho intramolecular Hbond substituents is 1. The molecule has 0 aliphatic carbocycles. The molecule has 0 aliphatic heterocycles. The lowest BCUT2D eigenvalue weighted by Crippen LogP contribution is -2.12. The zero-order chi connectivity index (χ0) is 14.0. The fourth-order valence-electron chi connectivity index (χ4n) is 1.48. The third-order valence-corrected chi connectivity index (χ3v) is 3.51. The molecule has 1 amide bonds. The molecule has 98 valence electrons. The largest absolute Gasteiger partial charge is 0.507 e. The van der Waals surface area contributed by atoms with Crippen LogP contribution in [0.4, 0.5) is 5.69 Å². The van der Waals surface area contributed by atoms with Gasteiger partial charge in [0.1, 0.15) is 5.75 Å². The molecule has 0 aromatic heterocycles. The molecule has 2 N–H and O–H groups in total. The van der Waals surface area contributed by atoms with Gasteiger partial charge in [0.25, 0.3) is 5.91 Å². The lowest BCUT2D eigenvalue weighted by molar-refractivity contribution is 0.102. The van der Waals surface area contributed by atoms with Gasteiger partial charge in [0.05, 0.1) is 11.3 Å². The van der Waals surface area contributed by atoms with Crippen LogP contribution in [0.5, 0.6) is 5.75 Å². The summed E-state index contributed by atoms with van der Waals surface area (Å²) < 4.78 is 0.654. The lowest BCUT2D eigenvalue weighted by atomic mass is 10.2. The number of aromatic hydroxyl groups is 1. The van der Waals surface area contributed by atoms with Gasteiger partial charge in [0.2, 0.25) is 0 Å². The second kappa shape index (κ2) is 5.82. The lowest BCUT2D eigenvalue weighted by Gasteiger charge is -2.09. The number of hydrogen-bond acceptors (Lipinski definition) is 2. The van der Waals surface area contributed by atoms with Gasteiger partial charge in [-0.2, -0.15) is 0 Å². The number of carbonyl (C=O) groups is 1. The summed E-state index contributed by atoms with van der Waals surface area (Å²) in [5.74, 6) is -0.604. The molecule has 6 heteroatoms. The number of hydrogen-bond donors (Lipinski definition) is 2. The van der Waals surface area contributed by atoms with Crippen LogP contribution in [-0.2, 0) is 0 Å². The minimum atomic E-state index is -0.433. The Kier molecular flexibility index (Phi) is 4.34. The van der Waals surface area contributed by atoms with E-state index in [0.717, 1.165) is 0 Å². The number of nitrogens with one attached hydrogen (secondary N) is 1.